The van der Waals surface area contributed by atoms with Gasteiger partial charge >= 0.3 is 0 Å². The standard InChI is InChI=1S/C16H27N3O/c1-2-9-19-13-14(12-17-19)15(20)16(7-3-4-8-16)18-10-5-6-11-18/h12-13,15,20H,2-11H2,1H3. The van der Waals surface area contributed by atoms with Crippen molar-refractivity contribution in [1.82, 2.24) is 14.7 Å². The first kappa shape index (κ1) is 14.1. The number of aliphatic hydroxyl groups is 1. The highest BCUT2D eigenvalue weighted by molar-refractivity contribution is 5.17. The minimum absolute atomic E-state index is 0.0173. The highest BCUT2D eigenvalue weighted by Crippen LogP contribution is 2.45. The van der Waals surface area contributed by atoms with Crippen LogP contribution in [0.3, 0.4) is 0 Å². The fraction of sp³-hybridized carbons (Fsp3) is 0.812. The van der Waals surface area contributed by atoms with E-state index in [4.69, 9.17) is 0 Å². The Labute approximate surface area is 121 Å². The van der Waals surface area contributed by atoms with Crippen LogP contribution in [0.2, 0.25) is 0 Å². The van der Waals surface area contributed by atoms with Crippen molar-refractivity contribution < 1.29 is 5.11 Å². The van der Waals surface area contributed by atoms with Gasteiger partial charge in [-0.15, -0.1) is 0 Å². The zero-order valence-corrected chi connectivity index (χ0v) is 12.6. The van der Waals surface area contributed by atoms with Crippen molar-refractivity contribution in [3.05, 3.63) is 18.0 Å². The van der Waals surface area contributed by atoms with Crippen LogP contribution in [-0.2, 0) is 6.54 Å². The molecule has 2 fully saturated rings. The van der Waals surface area contributed by atoms with Gasteiger partial charge < -0.3 is 5.11 Å². The molecule has 20 heavy (non-hydrogen) atoms. The monoisotopic (exact) mass is 277 g/mol. The fourth-order valence-electron chi connectivity index (χ4n) is 4.09. The molecule has 112 valence electrons. The Bertz CT molecular complexity index is 431. The van der Waals surface area contributed by atoms with Gasteiger partial charge in [-0.3, -0.25) is 9.58 Å². The molecule has 1 atom stereocenters. The molecule has 4 heteroatoms. The summed E-state index contributed by atoms with van der Waals surface area (Å²) in [7, 11) is 0. The third kappa shape index (κ3) is 2.40. The largest absolute Gasteiger partial charge is 0.386 e. The summed E-state index contributed by atoms with van der Waals surface area (Å²) in [6.45, 7) is 5.39. The van der Waals surface area contributed by atoms with Gasteiger partial charge in [0.1, 0.15) is 6.10 Å². The Kier molecular flexibility index (Phi) is 4.13. The van der Waals surface area contributed by atoms with Crippen LogP contribution in [0.25, 0.3) is 0 Å². The van der Waals surface area contributed by atoms with E-state index >= 15 is 0 Å². The first-order valence-electron chi connectivity index (χ1n) is 8.22. The molecular formula is C16H27N3O. The first-order valence-corrected chi connectivity index (χ1v) is 8.22. The molecule has 1 saturated carbocycles. The fourth-order valence-corrected chi connectivity index (χ4v) is 4.09. The van der Waals surface area contributed by atoms with E-state index in [1.165, 1.54) is 25.7 Å². The molecular weight excluding hydrogens is 250 g/mol. The number of hydrogen-bond donors (Lipinski definition) is 1. The van der Waals surface area contributed by atoms with Gasteiger partial charge in [0.2, 0.25) is 0 Å². The molecule has 4 nitrogen and oxygen atoms in total. The van der Waals surface area contributed by atoms with E-state index in [2.05, 4.69) is 16.9 Å². The Morgan fingerprint density at radius 2 is 1.95 bits per heavy atom. The zero-order chi connectivity index (χ0) is 14.0. The Hall–Kier alpha value is -0.870. The lowest BCUT2D eigenvalue weighted by Gasteiger charge is -2.42. The first-order chi connectivity index (χ1) is 9.76. The summed E-state index contributed by atoms with van der Waals surface area (Å²) in [6, 6.07) is 0. The molecule has 0 amide bonds. The van der Waals surface area contributed by atoms with Gasteiger partial charge in [0.05, 0.1) is 11.7 Å². The van der Waals surface area contributed by atoms with E-state index in [0.29, 0.717) is 0 Å². The van der Waals surface area contributed by atoms with Crippen LogP contribution in [0, 0.1) is 0 Å². The molecule has 0 radical (unpaired) electrons. The Morgan fingerprint density at radius 3 is 2.60 bits per heavy atom. The average Bonchev–Trinajstić information content (AvgIpc) is 3.19. The third-order valence-corrected chi connectivity index (χ3v) is 5.14. The summed E-state index contributed by atoms with van der Waals surface area (Å²) in [5.74, 6) is 0. The Morgan fingerprint density at radius 1 is 1.25 bits per heavy atom. The normalized spacial score (nSPS) is 24.3. The molecule has 1 saturated heterocycles. The SMILES string of the molecule is CCCn1cc(C(O)C2(N3CCCC3)CCCC2)cn1. The predicted molar refractivity (Wildman–Crippen MR) is 79.5 cm³/mol. The second-order valence-electron chi connectivity index (χ2n) is 6.44. The molecule has 0 bridgehead atoms. The van der Waals surface area contributed by atoms with Gasteiger partial charge in [-0.05, 0) is 45.2 Å². The summed E-state index contributed by atoms with van der Waals surface area (Å²) in [5.41, 5.74) is 0.989. The summed E-state index contributed by atoms with van der Waals surface area (Å²) in [4.78, 5) is 2.56. The van der Waals surface area contributed by atoms with Gasteiger partial charge in [-0.2, -0.15) is 5.10 Å². The molecule has 1 aromatic heterocycles. The maximum absolute atomic E-state index is 11.0. The number of aryl methyl sites for hydroxylation is 1. The van der Waals surface area contributed by atoms with Crippen molar-refractivity contribution in [2.45, 2.75) is 70.1 Å². The summed E-state index contributed by atoms with van der Waals surface area (Å²) < 4.78 is 1.96. The van der Waals surface area contributed by atoms with Crippen LogP contribution >= 0.6 is 0 Å². The lowest BCUT2D eigenvalue weighted by atomic mass is 9.85. The van der Waals surface area contributed by atoms with Crippen LogP contribution in [-0.4, -0.2) is 38.4 Å². The topological polar surface area (TPSA) is 41.3 Å². The van der Waals surface area contributed by atoms with E-state index in [9.17, 15) is 5.11 Å². The highest BCUT2D eigenvalue weighted by Gasteiger charge is 2.46. The molecule has 1 aromatic rings. The molecule has 2 aliphatic rings. The number of aromatic nitrogens is 2. The zero-order valence-electron chi connectivity index (χ0n) is 12.6. The molecule has 1 N–H and O–H groups in total. The van der Waals surface area contributed by atoms with Crippen LogP contribution in [0.1, 0.15) is 63.5 Å². The second-order valence-corrected chi connectivity index (χ2v) is 6.44. The van der Waals surface area contributed by atoms with Gasteiger partial charge in [0, 0.05) is 18.3 Å². The van der Waals surface area contributed by atoms with Crippen molar-refractivity contribution in [2.24, 2.45) is 0 Å². The lowest BCUT2D eigenvalue weighted by molar-refractivity contribution is -0.0196. The van der Waals surface area contributed by atoms with E-state index < -0.39 is 0 Å². The van der Waals surface area contributed by atoms with E-state index in [-0.39, 0.29) is 11.6 Å². The third-order valence-electron chi connectivity index (χ3n) is 5.14. The van der Waals surface area contributed by atoms with Gasteiger partial charge in [0.15, 0.2) is 0 Å². The molecule has 3 rings (SSSR count). The van der Waals surface area contributed by atoms with Gasteiger partial charge in [-0.25, -0.2) is 0 Å². The minimum Gasteiger partial charge on any atom is -0.386 e. The van der Waals surface area contributed by atoms with E-state index in [1.54, 1.807) is 0 Å². The van der Waals surface area contributed by atoms with E-state index in [0.717, 1.165) is 44.5 Å². The smallest absolute Gasteiger partial charge is 0.100 e. The molecule has 1 unspecified atom stereocenters. The molecule has 1 aliphatic carbocycles. The molecule has 1 aliphatic heterocycles. The van der Waals surface area contributed by atoms with Crippen molar-refractivity contribution >= 4 is 0 Å². The van der Waals surface area contributed by atoms with Crippen molar-refractivity contribution in [1.29, 1.82) is 0 Å². The van der Waals surface area contributed by atoms with Gasteiger partial charge in [-0.1, -0.05) is 19.8 Å². The van der Waals surface area contributed by atoms with Gasteiger partial charge in [0.25, 0.3) is 0 Å². The van der Waals surface area contributed by atoms with Crippen molar-refractivity contribution in [2.75, 3.05) is 13.1 Å². The molecule has 0 aromatic carbocycles. The summed E-state index contributed by atoms with van der Waals surface area (Å²) in [6.07, 6.45) is 11.9. The minimum atomic E-state index is -0.381. The maximum Gasteiger partial charge on any atom is 0.100 e. The molecule has 0 spiro atoms. The number of aliphatic hydroxyl groups excluding tert-OH is 1. The average molecular weight is 277 g/mol. The quantitative estimate of drug-likeness (QED) is 0.899. The van der Waals surface area contributed by atoms with Crippen LogP contribution in [0.15, 0.2) is 12.4 Å². The maximum atomic E-state index is 11.0. The summed E-state index contributed by atoms with van der Waals surface area (Å²) in [5, 5.41) is 15.4. The highest BCUT2D eigenvalue weighted by atomic mass is 16.3. The second kappa shape index (κ2) is 5.86. The lowest BCUT2D eigenvalue weighted by Crippen LogP contribution is -2.49. The van der Waals surface area contributed by atoms with Crippen molar-refractivity contribution in [3.8, 4) is 0 Å². The van der Waals surface area contributed by atoms with Crippen LogP contribution in [0.5, 0.6) is 0 Å². The van der Waals surface area contributed by atoms with E-state index in [1.807, 2.05) is 17.1 Å². The van der Waals surface area contributed by atoms with Crippen LogP contribution in [0.4, 0.5) is 0 Å². The molecule has 2 heterocycles. The van der Waals surface area contributed by atoms with Crippen molar-refractivity contribution in [3.63, 3.8) is 0 Å². The number of nitrogens with zero attached hydrogens (tertiary/aromatic N) is 3. The number of likely N-dealkylation sites (tertiary alicyclic amines) is 1. The van der Waals surface area contributed by atoms with Crippen LogP contribution < -0.4 is 0 Å². The number of hydrogen-bond acceptors (Lipinski definition) is 3. The predicted octanol–water partition coefficient (Wildman–Crippen LogP) is 2.74. The number of rotatable bonds is 5. The summed E-state index contributed by atoms with van der Waals surface area (Å²) >= 11 is 0. The Balaban J connectivity index is 1.82.